The summed E-state index contributed by atoms with van der Waals surface area (Å²) in [5.41, 5.74) is 7.94. The number of carbonyl (C=O) groups excluding carboxylic acids is 1. The molecule has 4 nitrogen and oxygen atoms in total. The molecule has 0 saturated carbocycles. The second-order valence-corrected chi connectivity index (χ2v) is 5.92. The predicted octanol–water partition coefficient (Wildman–Crippen LogP) is 2.74. The molecule has 21 heavy (non-hydrogen) atoms. The number of hydrogen-bond acceptors (Lipinski definition) is 3. The van der Waals surface area contributed by atoms with E-state index in [1.807, 2.05) is 19.1 Å². The summed E-state index contributed by atoms with van der Waals surface area (Å²) in [7, 11) is 0. The SMILES string of the molecule is CCCC(N)C(=O)Nc1cccc(CN2CCCCC2)c1. The molecule has 0 aliphatic carbocycles. The Balaban J connectivity index is 1.92. The monoisotopic (exact) mass is 289 g/mol. The molecule has 2 rings (SSSR count). The van der Waals surface area contributed by atoms with Crippen LogP contribution in [0.15, 0.2) is 24.3 Å². The van der Waals surface area contributed by atoms with Crippen LogP contribution in [0.1, 0.15) is 44.6 Å². The van der Waals surface area contributed by atoms with Crippen LogP contribution < -0.4 is 11.1 Å². The normalized spacial score (nSPS) is 17.4. The van der Waals surface area contributed by atoms with E-state index in [-0.39, 0.29) is 5.91 Å². The lowest BCUT2D eigenvalue weighted by atomic mass is 10.1. The molecule has 1 aromatic rings. The van der Waals surface area contributed by atoms with Crippen LogP contribution in [0.2, 0.25) is 0 Å². The number of carbonyl (C=O) groups is 1. The van der Waals surface area contributed by atoms with Gasteiger partial charge in [-0.2, -0.15) is 0 Å². The van der Waals surface area contributed by atoms with Gasteiger partial charge in [0.1, 0.15) is 0 Å². The fourth-order valence-corrected chi connectivity index (χ4v) is 2.80. The summed E-state index contributed by atoms with van der Waals surface area (Å²) in [5, 5.41) is 2.92. The molecule has 1 aliphatic rings. The number of rotatable bonds is 6. The van der Waals surface area contributed by atoms with E-state index < -0.39 is 6.04 Å². The van der Waals surface area contributed by atoms with Crippen LogP contribution in [0.25, 0.3) is 0 Å². The number of nitrogens with one attached hydrogen (secondary N) is 1. The van der Waals surface area contributed by atoms with Crippen LogP contribution in [-0.4, -0.2) is 29.9 Å². The van der Waals surface area contributed by atoms with E-state index in [9.17, 15) is 4.79 Å². The first-order valence-electron chi connectivity index (χ1n) is 8.07. The van der Waals surface area contributed by atoms with E-state index in [4.69, 9.17) is 5.73 Å². The van der Waals surface area contributed by atoms with Crippen molar-refractivity contribution in [3.8, 4) is 0 Å². The van der Waals surface area contributed by atoms with Gasteiger partial charge in [-0.3, -0.25) is 9.69 Å². The molecule has 1 aromatic carbocycles. The van der Waals surface area contributed by atoms with E-state index in [1.165, 1.54) is 37.9 Å². The number of nitrogens with two attached hydrogens (primary N) is 1. The highest BCUT2D eigenvalue weighted by atomic mass is 16.2. The Morgan fingerprint density at radius 2 is 2.10 bits per heavy atom. The molecular formula is C17H27N3O. The molecule has 1 amide bonds. The number of likely N-dealkylation sites (tertiary alicyclic amines) is 1. The van der Waals surface area contributed by atoms with Gasteiger partial charge in [0.05, 0.1) is 6.04 Å². The highest BCUT2D eigenvalue weighted by Crippen LogP contribution is 2.16. The molecule has 0 radical (unpaired) electrons. The lowest BCUT2D eigenvalue weighted by Crippen LogP contribution is -2.35. The Hall–Kier alpha value is -1.39. The number of piperidine rings is 1. The largest absolute Gasteiger partial charge is 0.325 e. The standard InChI is InChI=1S/C17H27N3O/c1-2-7-16(18)17(21)19-15-9-6-8-14(12-15)13-20-10-4-3-5-11-20/h6,8-9,12,16H,2-5,7,10-11,13,18H2,1H3,(H,19,21). The predicted molar refractivity (Wildman–Crippen MR) is 87.1 cm³/mol. The Kier molecular flexibility index (Phi) is 6.21. The lowest BCUT2D eigenvalue weighted by Gasteiger charge is -2.26. The molecule has 0 bridgehead atoms. The topological polar surface area (TPSA) is 58.4 Å². The second kappa shape index (κ2) is 8.15. The zero-order chi connectivity index (χ0) is 15.1. The summed E-state index contributed by atoms with van der Waals surface area (Å²) in [4.78, 5) is 14.4. The van der Waals surface area contributed by atoms with Crippen molar-refractivity contribution in [2.24, 2.45) is 5.73 Å². The minimum Gasteiger partial charge on any atom is -0.325 e. The van der Waals surface area contributed by atoms with Gasteiger partial charge >= 0.3 is 0 Å². The molecule has 1 aliphatic heterocycles. The van der Waals surface area contributed by atoms with Crippen molar-refractivity contribution < 1.29 is 4.79 Å². The van der Waals surface area contributed by atoms with Gasteiger partial charge in [-0.05, 0) is 50.0 Å². The van der Waals surface area contributed by atoms with Crippen LogP contribution in [0.5, 0.6) is 0 Å². The Labute approximate surface area is 127 Å². The highest BCUT2D eigenvalue weighted by molar-refractivity contribution is 5.94. The quantitative estimate of drug-likeness (QED) is 0.846. The average Bonchev–Trinajstić information content (AvgIpc) is 2.49. The van der Waals surface area contributed by atoms with Crippen LogP contribution in [-0.2, 0) is 11.3 Å². The maximum Gasteiger partial charge on any atom is 0.241 e. The molecule has 1 saturated heterocycles. The summed E-state index contributed by atoms with van der Waals surface area (Å²) < 4.78 is 0. The zero-order valence-electron chi connectivity index (χ0n) is 13.0. The Bertz CT molecular complexity index is 455. The molecule has 1 heterocycles. The summed E-state index contributed by atoms with van der Waals surface area (Å²) in [6.45, 7) is 5.35. The summed E-state index contributed by atoms with van der Waals surface area (Å²) >= 11 is 0. The number of nitrogens with zero attached hydrogens (tertiary/aromatic N) is 1. The molecular weight excluding hydrogens is 262 g/mol. The second-order valence-electron chi connectivity index (χ2n) is 5.92. The summed E-state index contributed by atoms with van der Waals surface area (Å²) in [6.07, 6.45) is 5.58. The molecule has 0 aromatic heterocycles. The molecule has 1 atom stereocenters. The van der Waals surface area contributed by atoms with Crippen LogP contribution in [0.4, 0.5) is 5.69 Å². The number of amides is 1. The first-order valence-corrected chi connectivity index (χ1v) is 8.07. The third-order valence-corrected chi connectivity index (χ3v) is 3.99. The maximum absolute atomic E-state index is 12.0. The molecule has 4 heteroatoms. The van der Waals surface area contributed by atoms with E-state index in [0.717, 1.165) is 25.1 Å². The van der Waals surface area contributed by atoms with E-state index in [0.29, 0.717) is 0 Å². The van der Waals surface area contributed by atoms with Crippen molar-refractivity contribution in [3.05, 3.63) is 29.8 Å². The van der Waals surface area contributed by atoms with Crippen molar-refractivity contribution in [1.29, 1.82) is 0 Å². The molecule has 1 unspecified atom stereocenters. The fraction of sp³-hybridized carbons (Fsp3) is 0.588. The summed E-state index contributed by atoms with van der Waals surface area (Å²) in [6, 6.07) is 7.69. The minimum absolute atomic E-state index is 0.0908. The van der Waals surface area contributed by atoms with Gasteiger partial charge in [-0.1, -0.05) is 31.9 Å². The molecule has 116 valence electrons. The van der Waals surface area contributed by atoms with Crippen molar-refractivity contribution >= 4 is 11.6 Å². The number of hydrogen-bond donors (Lipinski definition) is 2. The highest BCUT2D eigenvalue weighted by Gasteiger charge is 2.13. The van der Waals surface area contributed by atoms with Crippen LogP contribution >= 0.6 is 0 Å². The van der Waals surface area contributed by atoms with Gasteiger partial charge in [0.15, 0.2) is 0 Å². The minimum atomic E-state index is -0.416. The van der Waals surface area contributed by atoms with Crippen molar-refractivity contribution in [1.82, 2.24) is 4.90 Å². The Morgan fingerprint density at radius 1 is 1.33 bits per heavy atom. The average molecular weight is 289 g/mol. The maximum atomic E-state index is 12.0. The van der Waals surface area contributed by atoms with E-state index in [2.05, 4.69) is 22.3 Å². The van der Waals surface area contributed by atoms with Gasteiger partial charge < -0.3 is 11.1 Å². The first-order chi connectivity index (χ1) is 10.2. The van der Waals surface area contributed by atoms with Crippen molar-refractivity contribution in [2.45, 2.75) is 51.6 Å². The third kappa shape index (κ3) is 5.14. The number of anilines is 1. The third-order valence-electron chi connectivity index (χ3n) is 3.99. The van der Waals surface area contributed by atoms with Gasteiger partial charge in [0.25, 0.3) is 0 Å². The zero-order valence-corrected chi connectivity index (χ0v) is 13.0. The first kappa shape index (κ1) is 16.0. The van der Waals surface area contributed by atoms with Crippen LogP contribution in [0.3, 0.4) is 0 Å². The smallest absolute Gasteiger partial charge is 0.241 e. The summed E-state index contributed by atoms with van der Waals surface area (Å²) in [5.74, 6) is -0.0908. The molecule has 0 spiro atoms. The lowest BCUT2D eigenvalue weighted by molar-refractivity contribution is -0.117. The van der Waals surface area contributed by atoms with E-state index >= 15 is 0 Å². The molecule has 1 fully saturated rings. The van der Waals surface area contributed by atoms with Crippen molar-refractivity contribution in [2.75, 3.05) is 18.4 Å². The van der Waals surface area contributed by atoms with Gasteiger partial charge in [-0.15, -0.1) is 0 Å². The van der Waals surface area contributed by atoms with Crippen molar-refractivity contribution in [3.63, 3.8) is 0 Å². The Morgan fingerprint density at radius 3 is 2.81 bits per heavy atom. The van der Waals surface area contributed by atoms with Gasteiger partial charge in [0, 0.05) is 12.2 Å². The van der Waals surface area contributed by atoms with Gasteiger partial charge in [-0.25, -0.2) is 0 Å². The van der Waals surface area contributed by atoms with Gasteiger partial charge in [0.2, 0.25) is 5.91 Å². The van der Waals surface area contributed by atoms with Crippen LogP contribution in [0, 0.1) is 0 Å². The van der Waals surface area contributed by atoms with E-state index in [1.54, 1.807) is 0 Å². The fourth-order valence-electron chi connectivity index (χ4n) is 2.80. The number of benzene rings is 1. The molecule has 3 N–H and O–H groups in total.